The molecule has 6 heteroatoms. The number of aliphatic hydroxyl groups excluding tert-OH is 1. The number of likely N-dealkylation sites (tertiary alicyclic amines) is 1. The van der Waals surface area contributed by atoms with Crippen molar-refractivity contribution in [3.05, 3.63) is 36.5 Å². The van der Waals surface area contributed by atoms with E-state index >= 15 is 0 Å². The average molecular weight is 328 g/mol. The van der Waals surface area contributed by atoms with E-state index in [1.54, 1.807) is 15.8 Å². The second-order valence-corrected chi connectivity index (χ2v) is 7.04. The molecule has 1 aromatic heterocycles. The monoisotopic (exact) mass is 328 g/mol. The quantitative estimate of drug-likeness (QED) is 0.890. The van der Waals surface area contributed by atoms with Crippen molar-refractivity contribution >= 4 is 11.7 Å². The lowest BCUT2D eigenvalue weighted by Gasteiger charge is -2.41. The van der Waals surface area contributed by atoms with Crippen LogP contribution in [0.2, 0.25) is 0 Å². The lowest BCUT2D eigenvalue weighted by Crippen LogP contribution is -2.51. The van der Waals surface area contributed by atoms with E-state index in [9.17, 15) is 9.90 Å². The van der Waals surface area contributed by atoms with E-state index in [-0.39, 0.29) is 17.6 Å². The summed E-state index contributed by atoms with van der Waals surface area (Å²) >= 11 is 0. The number of aliphatic hydroxyl groups is 1. The van der Waals surface area contributed by atoms with Crippen LogP contribution in [-0.2, 0) is 7.05 Å². The molecule has 0 spiro atoms. The Balaban J connectivity index is 1.79. The molecule has 0 radical (unpaired) electrons. The van der Waals surface area contributed by atoms with Crippen LogP contribution >= 0.6 is 0 Å². The molecule has 1 fully saturated rings. The molecule has 1 unspecified atom stereocenters. The highest BCUT2D eigenvalue weighted by molar-refractivity contribution is 5.93. The van der Waals surface area contributed by atoms with Crippen LogP contribution in [0, 0.1) is 5.41 Å². The third-order valence-corrected chi connectivity index (χ3v) is 4.69. The second kappa shape index (κ2) is 6.28. The van der Waals surface area contributed by atoms with E-state index < -0.39 is 0 Å². The number of aryl methyl sites for hydroxylation is 1. The lowest BCUT2D eigenvalue weighted by atomic mass is 9.81. The van der Waals surface area contributed by atoms with Gasteiger partial charge in [0.2, 0.25) is 0 Å². The van der Waals surface area contributed by atoms with Gasteiger partial charge in [-0.25, -0.2) is 4.79 Å². The molecule has 3 rings (SSSR count). The van der Waals surface area contributed by atoms with Gasteiger partial charge < -0.3 is 15.3 Å². The van der Waals surface area contributed by atoms with Crippen molar-refractivity contribution in [2.24, 2.45) is 12.5 Å². The first-order valence-electron chi connectivity index (χ1n) is 8.20. The van der Waals surface area contributed by atoms with Crippen LogP contribution in [0.5, 0.6) is 0 Å². The van der Waals surface area contributed by atoms with E-state index in [0.29, 0.717) is 25.2 Å². The van der Waals surface area contributed by atoms with Crippen molar-refractivity contribution in [3.8, 4) is 11.3 Å². The fraction of sp³-hybridized carbons (Fsp3) is 0.444. The Kier molecular flexibility index (Phi) is 4.32. The van der Waals surface area contributed by atoms with Crippen molar-refractivity contribution in [2.75, 3.05) is 18.4 Å². The zero-order valence-corrected chi connectivity index (χ0v) is 14.4. The zero-order chi connectivity index (χ0) is 17.3. The van der Waals surface area contributed by atoms with Gasteiger partial charge in [-0.3, -0.25) is 4.68 Å². The molecule has 1 aromatic carbocycles. The summed E-state index contributed by atoms with van der Waals surface area (Å²) in [5, 5.41) is 17.3. The van der Waals surface area contributed by atoms with Gasteiger partial charge in [0, 0.05) is 31.1 Å². The maximum Gasteiger partial charge on any atom is 0.321 e. The largest absolute Gasteiger partial charge is 0.392 e. The van der Waals surface area contributed by atoms with Crippen LogP contribution in [-0.4, -0.2) is 45.0 Å². The Morgan fingerprint density at radius 3 is 2.71 bits per heavy atom. The number of hydrogen-bond donors (Lipinski definition) is 2. The van der Waals surface area contributed by atoms with Gasteiger partial charge in [0.15, 0.2) is 0 Å². The molecule has 0 saturated carbocycles. The Morgan fingerprint density at radius 1 is 1.33 bits per heavy atom. The molecule has 128 valence electrons. The Labute approximate surface area is 142 Å². The summed E-state index contributed by atoms with van der Waals surface area (Å²) < 4.78 is 1.76. The minimum atomic E-state index is -0.375. The predicted molar refractivity (Wildman–Crippen MR) is 93.6 cm³/mol. The summed E-state index contributed by atoms with van der Waals surface area (Å²) in [5.41, 5.74) is 2.27. The summed E-state index contributed by atoms with van der Waals surface area (Å²) in [7, 11) is 1.86. The molecule has 6 nitrogen and oxygen atoms in total. The summed E-state index contributed by atoms with van der Waals surface area (Å²) in [6.07, 6.45) is 1.89. The van der Waals surface area contributed by atoms with Gasteiger partial charge in [-0.2, -0.15) is 5.10 Å². The number of rotatable bonds is 2. The molecule has 2 heterocycles. The number of nitrogens with one attached hydrogen (secondary N) is 1. The van der Waals surface area contributed by atoms with Gasteiger partial charge in [-0.1, -0.05) is 44.2 Å². The third kappa shape index (κ3) is 3.14. The van der Waals surface area contributed by atoms with Gasteiger partial charge in [0.25, 0.3) is 0 Å². The number of hydrogen-bond acceptors (Lipinski definition) is 3. The molecule has 0 aliphatic carbocycles. The van der Waals surface area contributed by atoms with Gasteiger partial charge in [0.1, 0.15) is 0 Å². The van der Waals surface area contributed by atoms with Gasteiger partial charge in [-0.05, 0) is 6.42 Å². The summed E-state index contributed by atoms with van der Waals surface area (Å²) in [6.45, 7) is 5.05. The molecule has 1 atom stereocenters. The van der Waals surface area contributed by atoms with Crippen LogP contribution < -0.4 is 5.32 Å². The lowest BCUT2D eigenvalue weighted by molar-refractivity contribution is -0.00966. The molecule has 1 aliphatic rings. The number of urea groups is 1. The van der Waals surface area contributed by atoms with Gasteiger partial charge in [-0.15, -0.1) is 0 Å². The van der Waals surface area contributed by atoms with Crippen LogP contribution in [0.25, 0.3) is 11.3 Å². The first-order chi connectivity index (χ1) is 11.4. The zero-order valence-electron chi connectivity index (χ0n) is 14.4. The van der Waals surface area contributed by atoms with Crippen LogP contribution in [0.3, 0.4) is 0 Å². The number of carbonyl (C=O) groups is 1. The standard InChI is InChI=1S/C18H24N4O2/c1-18(2)12-22(10-9-15(18)23)17(24)20-14-11-19-21(3)16(14)13-7-5-4-6-8-13/h4-8,11,15,23H,9-10,12H2,1-3H3,(H,20,24). The van der Waals surface area contributed by atoms with Crippen molar-refractivity contribution in [2.45, 2.75) is 26.4 Å². The van der Waals surface area contributed by atoms with Crippen molar-refractivity contribution in [1.82, 2.24) is 14.7 Å². The van der Waals surface area contributed by atoms with E-state index in [1.807, 2.05) is 51.2 Å². The topological polar surface area (TPSA) is 70.4 Å². The highest BCUT2D eigenvalue weighted by Gasteiger charge is 2.36. The molecule has 2 aromatic rings. The fourth-order valence-corrected chi connectivity index (χ4v) is 3.18. The predicted octanol–water partition coefficient (Wildman–Crippen LogP) is 2.71. The highest BCUT2D eigenvalue weighted by atomic mass is 16.3. The number of amides is 2. The fourth-order valence-electron chi connectivity index (χ4n) is 3.18. The third-order valence-electron chi connectivity index (χ3n) is 4.69. The highest BCUT2D eigenvalue weighted by Crippen LogP contribution is 2.31. The Morgan fingerprint density at radius 2 is 2.04 bits per heavy atom. The number of nitrogens with zero attached hydrogens (tertiary/aromatic N) is 3. The summed E-state index contributed by atoms with van der Waals surface area (Å²) in [4.78, 5) is 14.4. The number of carbonyl (C=O) groups excluding carboxylic acids is 1. The van der Waals surface area contributed by atoms with E-state index in [2.05, 4.69) is 10.4 Å². The SMILES string of the molecule is Cn1ncc(NC(=O)N2CCC(O)C(C)(C)C2)c1-c1ccccc1. The van der Waals surface area contributed by atoms with Crippen LogP contribution in [0.1, 0.15) is 20.3 Å². The molecular weight excluding hydrogens is 304 g/mol. The summed E-state index contributed by atoms with van der Waals surface area (Å²) in [6, 6.07) is 9.71. The first-order valence-corrected chi connectivity index (χ1v) is 8.20. The summed E-state index contributed by atoms with van der Waals surface area (Å²) in [5.74, 6) is 0. The maximum atomic E-state index is 12.7. The Hall–Kier alpha value is -2.34. The van der Waals surface area contributed by atoms with E-state index in [4.69, 9.17) is 0 Å². The van der Waals surface area contributed by atoms with Crippen LogP contribution in [0.4, 0.5) is 10.5 Å². The van der Waals surface area contributed by atoms with E-state index in [0.717, 1.165) is 11.3 Å². The molecule has 2 amide bonds. The Bertz CT molecular complexity index is 724. The van der Waals surface area contributed by atoms with Crippen molar-refractivity contribution in [1.29, 1.82) is 0 Å². The average Bonchev–Trinajstić information content (AvgIpc) is 2.91. The van der Waals surface area contributed by atoms with Gasteiger partial charge in [0.05, 0.1) is 23.7 Å². The minimum Gasteiger partial charge on any atom is -0.392 e. The van der Waals surface area contributed by atoms with Crippen LogP contribution in [0.15, 0.2) is 36.5 Å². The van der Waals surface area contributed by atoms with Crippen molar-refractivity contribution in [3.63, 3.8) is 0 Å². The second-order valence-electron chi connectivity index (χ2n) is 7.04. The molecule has 2 N–H and O–H groups in total. The normalized spacial score (nSPS) is 20.0. The molecule has 0 bridgehead atoms. The first kappa shape index (κ1) is 16.5. The van der Waals surface area contributed by atoms with Gasteiger partial charge >= 0.3 is 6.03 Å². The number of piperidine rings is 1. The molecular formula is C18H24N4O2. The molecule has 24 heavy (non-hydrogen) atoms. The maximum absolute atomic E-state index is 12.7. The smallest absolute Gasteiger partial charge is 0.321 e. The molecule has 1 aliphatic heterocycles. The van der Waals surface area contributed by atoms with E-state index in [1.165, 1.54) is 0 Å². The number of aromatic nitrogens is 2. The number of anilines is 1. The molecule has 1 saturated heterocycles. The minimum absolute atomic E-state index is 0.153. The number of benzene rings is 1. The van der Waals surface area contributed by atoms with Crippen molar-refractivity contribution < 1.29 is 9.90 Å².